The van der Waals surface area contributed by atoms with Crippen molar-refractivity contribution >= 4 is 11.7 Å². The molecule has 110 valence electrons. The highest BCUT2D eigenvalue weighted by Crippen LogP contribution is 2.21. The Bertz CT molecular complexity index is 515. The number of hydrogen-bond donors (Lipinski definition) is 1. The largest absolute Gasteiger partial charge is 0.350 e. The average molecular weight is 276 g/mol. The molecule has 0 bridgehead atoms. The predicted molar refractivity (Wildman–Crippen MR) is 78.8 cm³/mol. The Kier molecular flexibility index (Phi) is 4.31. The van der Waals surface area contributed by atoms with Crippen molar-refractivity contribution in [3.63, 3.8) is 0 Å². The molecule has 1 aliphatic carbocycles. The summed E-state index contributed by atoms with van der Waals surface area (Å²) in [6, 6.07) is 0. The first kappa shape index (κ1) is 14.8. The molecule has 0 radical (unpaired) electrons. The van der Waals surface area contributed by atoms with Gasteiger partial charge in [0.15, 0.2) is 5.78 Å². The number of rotatable bonds is 4. The third kappa shape index (κ3) is 3.50. The molecule has 1 aliphatic rings. The van der Waals surface area contributed by atoms with Crippen molar-refractivity contribution in [2.75, 3.05) is 0 Å². The number of nitrogens with zero attached hydrogens (tertiary/aromatic N) is 1. The van der Waals surface area contributed by atoms with Crippen LogP contribution in [-0.2, 0) is 17.8 Å². The lowest BCUT2D eigenvalue weighted by molar-refractivity contribution is -0.123. The maximum Gasteiger partial charge on any atom is 0.240 e. The zero-order valence-electron chi connectivity index (χ0n) is 12.7. The highest BCUT2D eigenvalue weighted by Gasteiger charge is 2.20. The molecule has 2 rings (SSSR count). The number of hydrogen-bond acceptors (Lipinski definition) is 2. The minimum atomic E-state index is -0.183. The average Bonchev–Trinajstić information content (AvgIpc) is 2.69. The molecular formula is C16H24N2O2. The summed E-state index contributed by atoms with van der Waals surface area (Å²) in [5.74, 6) is 0.208. The van der Waals surface area contributed by atoms with Crippen LogP contribution in [0.3, 0.4) is 0 Å². The molecular weight excluding hydrogens is 252 g/mol. The van der Waals surface area contributed by atoms with Gasteiger partial charge < -0.3 is 9.88 Å². The Labute approximate surface area is 120 Å². The first-order valence-electron chi connectivity index (χ1n) is 7.44. The van der Waals surface area contributed by atoms with Gasteiger partial charge in [0.25, 0.3) is 0 Å². The Morgan fingerprint density at radius 3 is 2.70 bits per heavy atom. The van der Waals surface area contributed by atoms with E-state index in [0.717, 1.165) is 36.8 Å². The zero-order valence-corrected chi connectivity index (χ0v) is 12.7. The molecule has 0 fully saturated rings. The summed E-state index contributed by atoms with van der Waals surface area (Å²) in [5, 5.41) is 3.01. The van der Waals surface area contributed by atoms with E-state index in [0.29, 0.717) is 6.42 Å². The molecule has 0 saturated heterocycles. The number of carbonyl (C=O) groups is 2. The second kappa shape index (κ2) is 5.81. The van der Waals surface area contributed by atoms with Gasteiger partial charge in [-0.2, -0.15) is 0 Å². The van der Waals surface area contributed by atoms with Gasteiger partial charge in [-0.3, -0.25) is 9.59 Å². The summed E-state index contributed by atoms with van der Waals surface area (Å²) < 4.78 is 1.84. The van der Waals surface area contributed by atoms with E-state index in [1.54, 1.807) is 0 Å². The fourth-order valence-corrected chi connectivity index (χ4v) is 2.50. The van der Waals surface area contributed by atoms with Crippen LogP contribution in [0.1, 0.15) is 62.4 Å². The Balaban J connectivity index is 2.06. The number of carbonyl (C=O) groups excluding carboxylic acids is 2. The molecule has 1 heterocycles. The van der Waals surface area contributed by atoms with Gasteiger partial charge in [-0.15, -0.1) is 0 Å². The van der Waals surface area contributed by atoms with Gasteiger partial charge >= 0.3 is 0 Å². The van der Waals surface area contributed by atoms with E-state index in [9.17, 15) is 9.59 Å². The van der Waals surface area contributed by atoms with Crippen LogP contribution >= 0.6 is 0 Å². The van der Waals surface area contributed by atoms with Crippen LogP contribution in [-0.4, -0.2) is 21.8 Å². The number of amides is 1. The SMILES string of the molecule is CCC(C)(C)NC(=O)Cn1cc2c(c1)C(=O)CCCC2. The van der Waals surface area contributed by atoms with Gasteiger partial charge in [-0.25, -0.2) is 0 Å². The zero-order chi connectivity index (χ0) is 14.8. The van der Waals surface area contributed by atoms with Crippen LogP contribution in [0.5, 0.6) is 0 Å². The van der Waals surface area contributed by atoms with E-state index in [2.05, 4.69) is 12.2 Å². The van der Waals surface area contributed by atoms with Gasteiger partial charge in [0.05, 0.1) is 0 Å². The van der Waals surface area contributed by atoms with Crippen molar-refractivity contribution in [3.8, 4) is 0 Å². The van der Waals surface area contributed by atoms with Gasteiger partial charge in [-0.1, -0.05) is 6.92 Å². The summed E-state index contributed by atoms with van der Waals surface area (Å²) in [7, 11) is 0. The lowest BCUT2D eigenvalue weighted by atomic mass is 10.0. The van der Waals surface area contributed by atoms with E-state index in [1.807, 2.05) is 30.8 Å². The molecule has 0 aliphatic heterocycles. The maximum atomic E-state index is 12.0. The number of ketones is 1. The lowest BCUT2D eigenvalue weighted by Gasteiger charge is -2.24. The fourth-order valence-electron chi connectivity index (χ4n) is 2.50. The number of fused-ring (bicyclic) bond motifs is 1. The van der Waals surface area contributed by atoms with Crippen molar-refractivity contribution in [2.24, 2.45) is 0 Å². The van der Waals surface area contributed by atoms with Crippen molar-refractivity contribution < 1.29 is 9.59 Å². The van der Waals surface area contributed by atoms with E-state index in [-0.39, 0.29) is 23.8 Å². The number of Topliss-reactive ketones (excluding diaryl/α,β-unsaturated/α-hetero) is 1. The number of aromatic nitrogens is 1. The number of nitrogens with one attached hydrogen (secondary N) is 1. The van der Waals surface area contributed by atoms with Crippen LogP contribution in [0.15, 0.2) is 12.4 Å². The highest BCUT2D eigenvalue weighted by molar-refractivity contribution is 5.97. The molecule has 20 heavy (non-hydrogen) atoms. The Hall–Kier alpha value is -1.58. The molecule has 0 aromatic carbocycles. The number of aryl methyl sites for hydroxylation is 1. The van der Waals surface area contributed by atoms with Crippen LogP contribution in [0.4, 0.5) is 0 Å². The molecule has 1 aromatic rings. The summed E-state index contributed by atoms with van der Waals surface area (Å²) in [4.78, 5) is 24.0. The fraction of sp³-hybridized carbons (Fsp3) is 0.625. The van der Waals surface area contributed by atoms with Crippen molar-refractivity contribution in [1.82, 2.24) is 9.88 Å². The molecule has 4 heteroatoms. The second-order valence-corrected chi connectivity index (χ2v) is 6.29. The maximum absolute atomic E-state index is 12.0. The van der Waals surface area contributed by atoms with Gasteiger partial charge in [0.1, 0.15) is 6.54 Å². The van der Waals surface area contributed by atoms with Crippen molar-refractivity contribution in [3.05, 3.63) is 23.5 Å². The van der Waals surface area contributed by atoms with Crippen molar-refractivity contribution in [1.29, 1.82) is 0 Å². The molecule has 0 saturated carbocycles. The van der Waals surface area contributed by atoms with Crippen LogP contribution in [0, 0.1) is 0 Å². The molecule has 4 nitrogen and oxygen atoms in total. The third-order valence-corrected chi connectivity index (χ3v) is 4.05. The standard InChI is InChI=1S/C16H24N2O2/c1-4-16(2,3)17-15(20)11-18-9-12-7-5-6-8-14(19)13(12)10-18/h9-10H,4-8,11H2,1-3H3,(H,17,20). The summed E-state index contributed by atoms with van der Waals surface area (Å²) in [6.45, 7) is 6.36. The highest BCUT2D eigenvalue weighted by atomic mass is 16.2. The van der Waals surface area contributed by atoms with E-state index in [1.165, 1.54) is 0 Å². The first-order chi connectivity index (χ1) is 9.41. The van der Waals surface area contributed by atoms with E-state index in [4.69, 9.17) is 0 Å². The third-order valence-electron chi connectivity index (χ3n) is 4.05. The summed E-state index contributed by atoms with van der Waals surface area (Å²) in [5.41, 5.74) is 1.72. The minimum Gasteiger partial charge on any atom is -0.350 e. The summed E-state index contributed by atoms with van der Waals surface area (Å²) >= 11 is 0. The van der Waals surface area contributed by atoms with E-state index >= 15 is 0 Å². The van der Waals surface area contributed by atoms with Crippen LogP contribution in [0.2, 0.25) is 0 Å². The van der Waals surface area contributed by atoms with Gasteiger partial charge in [-0.05, 0) is 45.1 Å². The first-order valence-corrected chi connectivity index (χ1v) is 7.44. The smallest absolute Gasteiger partial charge is 0.240 e. The van der Waals surface area contributed by atoms with Gasteiger partial charge in [0.2, 0.25) is 5.91 Å². The van der Waals surface area contributed by atoms with Gasteiger partial charge in [0, 0.05) is 29.9 Å². The van der Waals surface area contributed by atoms with Crippen molar-refractivity contribution in [2.45, 2.75) is 65.0 Å². The lowest BCUT2D eigenvalue weighted by Crippen LogP contribution is -2.44. The molecule has 1 aromatic heterocycles. The normalized spacial score (nSPS) is 15.7. The van der Waals surface area contributed by atoms with Crippen LogP contribution < -0.4 is 5.32 Å². The summed E-state index contributed by atoms with van der Waals surface area (Å²) in [6.07, 6.45) is 8.27. The van der Waals surface area contributed by atoms with E-state index < -0.39 is 0 Å². The minimum absolute atomic E-state index is 0.00513. The van der Waals surface area contributed by atoms with Crippen LogP contribution in [0.25, 0.3) is 0 Å². The Morgan fingerprint density at radius 2 is 2.00 bits per heavy atom. The molecule has 0 unspecified atom stereocenters. The topological polar surface area (TPSA) is 51.1 Å². The molecule has 0 atom stereocenters. The predicted octanol–water partition coefficient (Wildman–Crippen LogP) is 2.70. The quantitative estimate of drug-likeness (QED) is 0.860. The molecule has 1 amide bonds. The monoisotopic (exact) mass is 276 g/mol. The molecule has 1 N–H and O–H groups in total. The second-order valence-electron chi connectivity index (χ2n) is 6.29. The Morgan fingerprint density at radius 1 is 1.30 bits per heavy atom. The molecule has 0 spiro atoms.